The number of piperazine rings is 1. The molecule has 2 rings (SSSR count). The first-order valence-electron chi connectivity index (χ1n) is 7.63. The van der Waals surface area contributed by atoms with E-state index in [-0.39, 0.29) is 5.91 Å². The second kappa shape index (κ2) is 8.60. The molecule has 0 spiro atoms. The molecule has 0 radical (unpaired) electrons. The van der Waals surface area contributed by atoms with E-state index in [9.17, 15) is 4.79 Å². The van der Waals surface area contributed by atoms with Crippen LogP contribution in [0.3, 0.4) is 0 Å². The van der Waals surface area contributed by atoms with Crippen molar-refractivity contribution in [1.82, 2.24) is 15.1 Å². The summed E-state index contributed by atoms with van der Waals surface area (Å²) in [6, 6.07) is 7.50. The first kappa shape index (κ1) is 16.6. The summed E-state index contributed by atoms with van der Waals surface area (Å²) in [6.45, 7) is 5.07. The second-order valence-electron chi connectivity index (χ2n) is 5.39. The minimum Gasteiger partial charge on any atom is -0.497 e. The van der Waals surface area contributed by atoms with Crippen molar-refractivity contribution < 1.29 is 14.3 Å². The van der Waals surface area contributed by atoms with Gasteiger partial charge in [0.2, 0.25) is 5.91 Å². The van der Waals surface area contributed by atoms with Gasteiger partial charge < -0.3 is 19.7 Å². The van der Waals surface area contributed by atoms with E-state index in [2.05, 4.69) is 5.32 Å². The van der Waals surface area contributed by atoms with Gasteiger partial charge in [0.05, 0.1) is 13.7 Å². The van der Waals surface area contributed by atoms with Crippen molar-refractivity contribution in [3.63, 3.8) is 0 Å². The van der Waals surface area contributed by atoms with E-state index in [1.807, 2.05) is 41.1 Å². The summed E-state index contributed by atoms with van der Waals surface area (Å²) in [6.07, 6.45) is 0. The maximum Gasteiger partial charge on any atom is 0.236 e. The predicted molar refractivity (Wildman–Crippen MR) is 85.4 cm³/mol. The largest absolute Gasteiger partial charge is 0.497 e. The van der Waals surface area contributed by atoms with Crippen molar-refractivity contribution in [2.75, 3.05) is 60.0 Å². The molecule has 1 fully saturated rings. The molecule has 122 valence electrons. The number of carbonyl (C=O) groups is 1. The molecule has 1 heterocycles. The first-order chi connectivity index (χ1) is 10.7. The van der Waals surface area contributed by atoms with Gasteiger partial charge >= 0.3 is 0 Å². The number of nitrogens with zero attached hydrogens (tertiary/aromatic N) is 2. The molecule has 0 saturated carbocycles. The molecule has 1 aromatic rings. The molecular weight excluding hydrogens is 282 g/mol. The number of likely N-dealkylation sites (N-methyl/N-ethyl adjacent to an activating group) is 1. The van der Waals surface area contributed by atoms with Gasteiger partial charge in [-0.3, -0.25) is 9.69 Å². The van der Waals surface area contributed by atoms with Crippen LogP contribution in [0.25, 0.3) is 0 Å². The Bertz CT molecular complexity index is 458. The van der Waals surface area contributed by atoms with E-state index in [4.69, 9.17) is 9.47 Å². The molecule has 0 unspecified atom stereocenters. The zero-order valence-corrected chi connectivity index (χ0v) is 13.4. The van der Waals surface area contributed by atoms with Crippen LogP contribution in [0.15, 0.2) is 24.3 Å². The van der Waals surface area contributed by atoms with E-state index in [0.717, 1.165) is 37.7 Å². The SMILES string of the molecule is COc1ccc(OCCN(C)CC(=O)N2CCNCC2)cc1. The second-order valence-corrected chi connectivity index (χ2v) is 5.39. The van der Waals surface area contributed by atoms with E-state index in [1.54, 1.807) is 7.11 Å². The topological polar surface area (TPSA) is 54.0 Å². The van der Waals surface area contributed by atoms with E-state index in [1.165, 1.54) is 0 Å². The van der Waals surface area contributed by atoms with E-state index in [0.29, 0.717) is 19.7 Å². The molecule has 1 aliphatic rings. The maximum atomic E-state index is 12.1. The van der Waals surface area contributed by atoms with Crippen LogP contribution in [0.1, 0.15) is 0 Å². The molecule has 0 bridgehead atoms. The summed E-state index contributed by atoms with van der Waals surface area (Å²) in [5, 5.41) is 3.25. The van der Waals surface area contributed by atoms with Gasteiger partial charge in [-0.25, -0.2) is 0 Å². The Morgan fingerprint density at radius 2 is 1.86 bits per heavy atom. The van der Waals surface area contributed by atoms with Gasteiger partial charge in [0.15, 0.2) is 0 Å². The van der Waals surface area contributed by atoms with Gasteiger partial charge in [0.1, 0.15) is 18.1 Å². The average Bonchev–Trinajstić information content (AvgIpc) is 2.56. The highest BCUT2D eigenvalue weighted by Gasteiger charge is 2.17. The predicted octanol–water partition coefficient (Wildman–Crippen LogP) is 0.438. The van der Waals surface area contributed by atoms with E-state index < -0.39 is 0 Å². The highest BCUT2D eigenvalue weighted by Crippen LogP contribution is 2.16. The zero-order chi connectivity index (χ0) is 15.8. The molecule has 1 aromatic carbocycles. The Hall–Kier alpha value is -1.79. The van der Waals surface area contributed by atoms with Gasteiger partial charge in [-0.15, -0.1) is 0 Å². The molecule has 6 heteroatoms. The fourth-order valence-corrected chi connectivity index (χ4v) is 2.32. The number of rotatable bonds is 7. The molecule has 0 atom stereocenters. The molecular formula is C16H25N3O3. The van der Waals surface area contributed by atoms with Gasteiger partial charge in [-0.2, -0.15) is 0 Å². The van der Waals surface area contributed by atoms with Crippen LogP contribution in [0.5, 0.6) is 11.5 Å². The van der Waals surface area contributed by atoms with Crippen molar-refractivity contribution in [1.29, 1.82) is 0 Å². The smallest absolute Gasteiger partial charge is 0.236 e. The van der Waals surface area contributed by atoms with Crippen LogP contribution in [0, 0.1) is 0 Å². The highest BCUT2D eigenvalue weighted by atomic mass is 16.5. The summed E-state index contributed by atoms with van der Waals surface area (Å²) < 4.78 is 10.8. The first-order valence-corrected chi connectivity index (χ1v) is 7.63. The number of ether oxygens (including phenoxy) is 2. The molecule has 1 amide bonds. The fraction of sp³-hybridized carbons (Fsp3) is 0.562. The third-order valence-corrected chi connectivity index (χ3v) is 3.68. The lowest BCUT2D eigenvalue weighted by Crippen LogP contribution is -2.49. The molecule has 1 N–H and O–H groups in total. The normalized spacial score (nSPS) is 15.0. The van der Waals surface area contributed by atoms with Gasteiger partial charge in [-0.05, 0) is 31.3 Å². The monoisotopic (exact) mass is 307 g/mol. The van der Waals surface area contributed by atoms with Gasteiger partial charge in [0, 0.05) is 32.7 Å². The Balaban J connectivity index is 1.66. The van der Waals surface area contributed by atoms with Crippen molar-refractivity contribution in [3.8, 4) is 11.5 Å². The van der Waals surface area contributed by atoms with Crippen molar-refractivity contribution in [2.24, 2.45) is 0 Å². The Kier molecular flexibility index (Phi) is 6.48. The zero-order valence-electron chi connectivity index (χ0n) is 13.4. The quantitative estimate of drug-likeness (QED) is 0.792. The Morgan fingerprint density at radius 1 is 1.23 bits per heavy atom. The lowest BCUT2D eigenvalue weighted by molar-refractivity contribution is -0.132. The lowest BCUT2D eigenvalue weighted by atomic mass is 10.3. The molecule has 0 aliphatic carbocycles. The van der Waals surface area contributed by atoms with Crippen molar-refractivity contribution in [2.45, 2.75) is 0 Å². The Labute approximate surface area is 132 Å². The average molecular weight is 307 g/mol. The van der Waals surface area contributed by atoms with Gasteiger partial charge in [-0.1, -0.05) is 0 Å². The standard InChI is InChI=1S/C16H25N3O3/c1-18(13-16(20)19-9-7-17-8-10-19)11-12-22-15-5-3-14(21-2)4-6-15/h3-6,17H,7-13H2,1-2H3. The summed E-state index contributed by atoms with van der Waals surface area (Å²) in [7, 11) is 3.58. The van der Waals surface area contributed by atoms with Crippen LogP contribution >= 0.6 is 0 Å². The lowest BCUT2D eigenvalue weighted by Gasteiger charge is -2.29. The number of benzene rings is 1. The molecule has 1 saturated heterocycles. The highest BCUT2D eigenvalue weighted by molar-refractivity contribution is 5.78. The minimum absolute atomic E-state index is 0.188. The number of amides is 1. The number of carbonyl (C=O) groups excluding carboxylic acids is 1. The van der Waals surface area contributed by atoms with Crippen molar-refractivity contribution >= 4 is 5.91 Å². The van der Waals surface area contributed by atoms with Crippen molar-refractivity contribution in [3.05, 3.63) is 24.3 Å². The number of methoxy groups -OCH3 is 1. The molecule has 22 heavy (non-hydrogen) atoms. The Morgan fingerprint density at radius 3 is 2.50 bits per heavy atom. The van der Waals surface area contributed by atoms with Crippen LogP contribution in [0.2, 0.25) is 0 Å². The third-order valence-electron chi connectivity index (χ3n) is 3.68. The van der Waals surface area contributed by atoms with Crippen LogP contribution in [0.4, 0.5) is 0 Å². The summed E-state index contributed by atoms with van der Waals surface area (Å²) >= 11 is 0. The van der Waals surface area contributed by atoms with E-state index >= 15 is 0 Å². The number of hydrogen-bond donors (Lipinski definition) is 1. The summed E-state index contributed by atoms with van der Waals surface area (Å²) in [5.74, 6) is 1.81. The fourth-order valence-electron chi connectivity index (χ4n) is 2.32. The van der Waals surface area contributed by atoms with Crippen LogP contribution < -0.4 is 14.8 Å². The summed E-state index contributed by atoms with van der Waals surface area (Å²) in [5.41, 5.74) is 0. The van der Waals surface area contributed by atoms with Crippen LogP contribution in [-0.2, 0) is 4.79 Å². The third kappa shape index (κ3) is 5.20. The van der Waals surface area contributed by atoms with Gasteiger partial charge in [0.25, 0.3) is 0 Å². The minimum atomic E-state index is 0.188. The summed E-state index contributed by atoms with van der Waals surface area (Å²) in [4.78, 5) is 16.0. The molecule has 0 aromatic heterocycles. The molecule has 6 nitrogen and oxygen atoms in total. The number of hydrogen-bond acceptors (Lipinski definition) is 5. The molecule has 1 aliphatic heterocycles. The maximum absolute atomic E-state index is 12.1. The number of nitrogens with one attached hydrogen (secondary N) is 1. The van der Waals surface area contributed by atoms with Crippen LogP contribution in [-0.4, -0.2) is 75.7 Å².